The third kappa shape index (κ3) is 2.90. The Hall–Kier alpha value is -1.39. The molecule has 3 heterocycles. The van der Waals surface area contributed by atoms with Gasteiger partial charge in [0.05, 0.1) is 24.1 Å². The van der Waals surface area contributed by atoms with Crippen LogP contribution in [0.1, 0.15) is 18.7 Å². The molecule has 1 aromatic heterocycles. The lowest BCUT2D eigenvalue weighted by Gasteiger charge is -2.47. The number of likely N-dealkylation sites (tertiary alicyclic amines) is 1. The van der Waals surface area contributed by atoms with Crippen molar-refractivity contribution in [1.82, 2.24) is 4.90 Å². The Balaban J connectivity index is 1.68. The first-order valence-corrected chi connectivity index (χ1v) is 8.07. The fourth-order valence-corrected chi connectivity index (χ4v) is 3.39. The van der Waals surface area contributed by atoms with Gasteiger partial charge in [-0.05, 0) is 25.3 Å². The second-order valence-corrected chi connectivity index (χ2v) is 6.71. The summed E-state index contributed by atoms with van der Waals surface area (Å²) in [6.45, 7) is 4.58. The van der Waals surface area contributed by atoms with E-state index < -0.39 is 11.9 Å². The largest absolute Gasteiger partial charge is 0.369 e. The van der Waals surface area contributed by atoms with E-state index in [2.05, 4.69) is 11.8 Å². The number of ether oxygens (including phenoxy) is 3. The van der Waals surface area contributed by atoms with Crippen molar-refractivity contribution in [2.45, 2.75) is 37.9 Å². The van der Waals surface area contributed by atoms with E-state index >= 15 is 0 Å². The molecule has 0 aliphatic carbocycles. The minimum atomic E-state index is -0.615. The average molecular weight is 321 g/mol. The van der Waals surface area contributed by atoms with Crippen LogP contribution in [-0.4, -0.2) is 55.1 Å². The predicted octanol–water partition coefficient (Wildman–Crippen LogP) is 1.48. The molecule has 22 heavy (non-hydrogen) atoms. The van der Waals surface area contributed by atoms with Crippen LogP contribution in [0.5, 0.6) is 0 Å². The molecule has 5 nitrogen and oxygen atoms in total. The van der Waals surface area contributed by atoms with Crippen LogP contribution in [0.15, 0.2) is 17.5 Å². The van der Waals surface area contributed by atoms with Gasteiger partial charge in [0.25, 0.3) is 5.91 Å². The second-order valence-electron chi connectivity index (χ2n) is 5.76. The highest BCUT2D eigenvalue weighted by atomic mass is 32.1. The summed E-state index contributed by atoms with van der Waals surface area (Å²) in [5.74, 6) is 5.46. The summed E-state index contributed by atoms with van der Waals surface area (Å²) in [7, 11) is 1.55. The van der Waals surface area contributed by atoms with Crippen LogP contribution in [0.25, 0.3) is 0 Å². The highest BCUT2D eigenvalue weighted by molar-refractivity contribution is 7.10. The molecule has 0 bridgehead atoms. The fourth-order valence-electron chi connectivity index (χ4n) is 2.80. The number of hydrogen-bond donors (Lipinski definition) is 0. The van der Waals surface area contributed by atoms with Crippen LogP contribution < -0.4 is 0 Å². The van der Waals surface area contributed by atoms with Gasteiger partial charge in [-0.25, -0.2) is 0 Å². The summed E-state index contributed by atoms with van der Waals surface area (Å²) in [6, 6.07) is 3.78. The van der Waals surface area contributed by atoms with E-state index in [9.17, 15) is 4.79 Å². The van der Waals surface area contributed by atoms with Crippen molar-refractivity contribution in [2.75, 3.05) is 20.3 Å². The first kappa shape index (κ1) is 15.5. The quantitative estimate of drug-likeness (QED) is 0.625. The van der Waals surface area contributed by atoms with Crippen LogP contribution in [0.3, 0.4) is 0 Å². The highest BCUT2D eigenvalue weighted by Crippen LogP contribution is 2.33. The van der Waals surface area contributed by atoms with E-state index in [1.807, 2.05) is 31.4 Å². The third-order valence-electron chi connectivity index (χ3n) is 3.84. The molecule has 0 unspecified atom stereocenters. The molecule has 3 atom stereocenters. The summed E-state index contributed by atoms with van der Waals surface area (Å²) in [5.41, 5.74) is 0. The zero-order chi connectivity index (χ0) is 15.7. The molecule has 1 aromatic rings. The molecule has 118 valence electrons. The standard InChI is InChI=1S/C16H19NO4S/c1-16(2)20-10-12(21-16)13-14(19-3)15(18)17(13)8-4-6-11-7-5-9-22-11/h5,7,9,12-14H,8,10H2,1-3H3/t12-,13+,14-/m1/s1. The van der Waals surface area contributed by atoms with Gasteiger partial charge in [-0.15, -0.1) is 11.3 Å². The van der Waals surface area contributed by atoms with E-state index in [-0.39, 0.29) is 18.1 Å². The second kappa shape index (κ2) is 6.01. The summed E-state index contributed by atoms with van der Waals surface area (Å²) in [6.07, 6.45) is -0.646. The van der Waals surface area contributed by atoms with Gasteiger partial charge in [0.2, 0.25) is 0 Å². The van der Waals surface area contributed by atoms with Crippen molar-refractivity contribution in [2.24, 2.45) is 0 Å². The SMILES string of the molecule is CO[C@H]1C(=O)N(CC#Cc2cccs2)[C@H]1[C@H]1COC(C)(C)O1. The lowest BCUT2D eigenvalue weighted by molar-refractivity contribution is -0.191. The molecule has 0 N–H and O–H groups in total. The minimum Gasteiger partial charge on any atom is -0.369 e. The summed E-state index contributed by atoms with van der Waals surface area (Å²) < 4.78 is 16.8. The molecule has 0 aromatic carbocycles. The molecule has 2 aliphatic heterocycles. The van der Waals surface area contributed by atoms with Gasteiger partial charge in [0.1, 0.15) is 6.10 Å². The number of amides is 1. The van der Waals surface area contributed by atoms with Crippen LogP contribution in [-0.2, 0) is 19.0 Å². The normalized spacial score (nSPS) is 29.9. The van der Waals surface area contributed by atoms with E-state index in [0.717, 1.165) is 4.88 Å². The van der Waals surface area contributed by atoms with E-state index in [0.29, 0.717) is 13.2 Å². The first-order chi connectivity index (χ1) is 10.5. The van der Waals surface area contributed by atoms with Crippen LogP contribution in [0.4, 0.5) is 0 Å². The van der Waals surface area contributed by atoms with Crippen molar-refractivity contribution < 1.29 is 19.0 Å². The molecule has 6 heteroatoms. The number of nitrogens with zero attached hydrogens (tertiary/aromatic N) is 1. The predicted molar refractivity (Wildman–Crippen MR) is 82.4 cm³/mol. The summed E-state index contributed by atoms with van der Waals surface area (Å²) in [5, 5.41) is 1.98. The zero-order valence-electron chi connectivity index (χ0n) is 12.9. The smallest absolute Gasteiger partial charge is 0.255 e. The first-order valence-electron chi connectivity index (χ1n) is 7.19. The van der Waals surface area contributed by atoms with Gasteiger partial charge in [-0.1, -0.05) is 17.9 Å². The summed E-state index contributed by atoms with van der Waals surface area (Å²) in [4.78, 5) is 14.9. The van der Waals surface area contributed by atoms with E-state index in [1.54, 1.807) is 23.3 Å². The van der Waals surface area contributed by atoms with E-state index in [1.165, 1.54) is 0 Å². The Labute approximate surface area is 134 Å². The molecule has 3 rings (SSSR count). The van der Waals surface area contributed by atoms with Gasteiger partial charge >= 0.3 is 0 Å². The van der Waals surface area contributed by atoms with Gasteiger partial charge in [0.15, 0.2) is 11.9 Å². The average Bonchev–Trinajstić information content (AvgIpc) is 3.10. The van der Waals surface area contributed by atoms with Crippen molar-refractivity contribution in [3.05, 3.63) is 22.4 Å². The van der Waals surface area contributed by atoms with Gasteiger partial charge in [0, 0.05) is 7.11 Å². The minimum absolute atomic E-state index is 0.0405. The Morgan fingerprint density at radius 3 is 2.95 bits per heavy atom. The Bertz CT molecular complexity index is 601. The number of carbonyl (C=O) groups is 1. The molecule has 1 amide bonds. The maximum absolute atomic E-state index is 12.2. The number of thiophene rings is 1. The Kier molecular flexibility index (Phi) is 4.24. The number of β-lactam (4-membered cyclic amide) rings is 1. The Morgan fingerprint density at radius 2 is 2.36 bits per heavy atom. The number of hydrogen-bond acceptors (Lipinski definition) is 5. The molecule has 2 aliphatic rings. The third-order valence-corrected chi connectivity index (χ3v) is 4.63. The Morgan fingerprint density at radius 1 is 1.55 bits per heavy atom. The number of carbonyl (C=O) groups excluding carboxylic acids is 1. The topological polar surface area (TPSA) is 48.0 Å². The highest BCUT2D eigenvalue weighted by Gasteiger charge is 2.54. The van der Waals surface area contributed by atoms with Crippen LogP contribution in [0.2, 0.25) is 0 Å². The fraction of sp³-hybridized carbons (Fsp3) is 0.562. The van der Waals surface area contributed by atoms with Gasteiger partial charge in [-0.2, -0.15) is 0 Å². The molecule has 0 saturated carbocycles. The van der Waals surface area contributed by atoms with Crippen molar-refractivity contribution in [3.63, 3.8) is 0 Å². The lowest BCUT2D eigenvalue weighted by Crippen LogP contribution is -2.70. The molecular formula is C16H19NO4S. The van der Waals surface area contributed by atoms with Crippen LogP contribution >= 0.6 is 11.3 Å². The lowest BCUT2D eigenvalue weighted by atomic mass is 9.92. The monoisotopic (exact) mass is 321 g/mol. The van der Waals surface area contributed by atoms with Gasteiger partial charge < -0.3 is 19.1 Å². The molecule has 2 fully saturated rings. The van der Waals surface area contributed by atoms with Crippen molar-refractivity contribution in [3.8, 4) is 11.8 Å². The van der Waals surface area contributed by atoms with Gasteiger partial charge in [-0.3, -0.25) is 4.79 Å². The molecule has 0 spiro atoms. The zero-order valence-corrected chi connectivity index (χ0v) is 13.7. The maximum Gasteiger partial charge on any atom is 0.255 e. The van der Waals surface area contributed by atoms with E-state index in [4.69, 9.17) is 14.2 Å². The molecule has 0 radical (unpaired) electrons. The van der Waals surface area contributed by atoms with Crippen LogP contribution in [0, 0.1) is 11.8 Å². The molecular weight excluding hydrogens is 302 g/mol. The number of methoxy groups -OCH3 is 1. The summed E-state index contributed by atoms with van der Waals surface area (Å²) >= 11 is 1.59. The maximum atomic E-state index is 12.2. The van der Waals surface area contributed by atoms with Crippen molar-refractivity contribution >= 4 is 17.2 Å². The molecule has 2 saturated heterocycles. The van der Waals surface area contributed by atoms with Crippen molar-refractivity contribution in [1.29, 1.82) is 0 Å². The number of rotatable bonds is 3.